The van der Waals surface area contributed by atoms with Gasteiger partial charge >= 0.3 is 0 Å². The molecule has 7 nitrogen and oxygen atoms in total. The molecule has 0 unspecified atom stereocenters. The molecule has 3 rings (SSSR count). The van der Waals surface area contributed by atoms with Gasteiger partial charge in [-0.1, -0.05) is 61.0 Å². The number of aryl methyl sites for hydroxylation is 3. The van der Waals surface area contributed by atoms with Gasteiger partial charge in [0.05, 0.1) is 10.6 Å². The van der Waals surface area contributed by atoms with Crippen molar-refractivity contribution in [2.24, 2.45) is 0 Å². The van der Waals surface area contributed by atoms with Crippen LogP contribution >= 0.6 is 0 Å². The van der Waals surface area contributed by atoms with E-state index in [0.29, 0.717) is 5.69 Å². The van der Waals surface area contributed by atoms with Crippen LogP contribution < -0.4 is 9.62 Å². The van der Waals surface area contributed by atoms with E-state index < -0.39 is 28.5 Å². The van der Waals surface area contributed by atoms with E-state index in [1.807, 2.05) is 65.0 Å². The summed E-state index contributed by atoms with van der Waals surface area (Å²) in [6, 6.07) is 20.2. The van der Waals surface area contributed by atoms with Gasteiger partial charge in [0.2, 0.25) is 11.8 Å². The Morgan fingerprint density at radius 1 is 0.872 bits per heavy atom. The maximum Gasteiger partial charge on any atom is 0.264 e. The lowest BCUT2D eigenvalue weighted by molar-refractivity contribution is -0.139. The molecular formula is C31H39N3O4S. The van der Waals surface area contributed by atoms with E-state index in [2.05, 4.69) is 5.32 Å². The summed E-state index contributed by atoms with van der Waals surface area (Å²) < 4.78 is 28.8. The second-order valence-electron chi connectivity index (χ2n) is 10.1. The number of hydrogen-bond acceptors (Lipinski definition) is 4. The molecule has 0 fully saturated rings. The number of nitrogens with one attached hydrogen (secondary N) is 1. The summed E-state index contributed by atoms with van der Waals surface area (Å²) in [6.45, 7) is 11.1. The van der Waals surface area contributed by atoms with E-state index in [1.54, 1.807) is 37.3 Å². The first kappa shape index (κ1) is 29.9. The second-order valence-corrected chi connectivity index (χ2v) is 12.0. The average molecular weight is 550 g/mol. The Hall–Kier alpha value is -3.65. The van der Waals surface area contributed by atoms with Crippen molar-refractivity contribution in [2.75, 3.05) is 10.8 Å². The first-order valence-electron chi connectivity index (χ1n) is 13.2. The molecule has 2 atom stereocenters. The third-order valence-corrected chi connectivity index (χ3v) is 8.78. The highest BCUT2D eigenvalue weighted by atomic mass is 32.2. The molecule has 0 aromatic heterocycles. The van der Waals surface area contributed by atoms with Crippen LogP contribution in [0.5, 0.6) is 0 Å². The number of carbonyl (C=O) groups excluding carboxylic acids is 2. The van der Waals surface area contributed by atoms with E-state index in [-0.39, 0.29) is 23.4 Å². The number of sulfonamides is 1. The topological polar surface area (TPSA) is 86.8 Å². The number of anilines is 1. The maximum absolute atomic E-state index is 14.0. The largest absolute Gasteiger partial charge is 0.352 e. The molecule has 8 heteroatoms. The minimum atomic E-state index is -4.08. The number of carbonyl (C=O) groups is 2. The fourth-order valence-electron chi connectivity index (χ4n) is 4.18. The molecule has 1 N–H and O–H groups in total. The monoisotopic (exact) mass is 549 g/mol. The minimum Gasteiger partial charge on any atom is -0.352 e. The van der Waals surface area contributed by atoms with Crippen molar-refractivity contribution >= 4 is 27.5 Å². The molecule has 0 bridgehead atoms. The average Bonchev–Trinajstić information content (AvgIpc) is 2.91. The van der Waals surface area contributed by atoms with Crippen molar-refractivity contribution in [2.45, 2.75) is 71.5 Å². The van der Waals surface area contributed by atoms with Gasteiger partial charge in [0.1, 0.15) is 12.6 Å². The first-order chi connectivity index (χ1) is 18.4. The Kier molecular flexibility index (Phi) is 9.92. The molecule has 39 heavy (non-hydrogen) atoms. The lowest BCUT2D eigenvalue weighted by Crippen LogP contribution is -2.52. The summed E-state index contributed by atoms with van der Waals surface area (Å²) in [5, 5.41) is 2.95. The zero-order valence-electron chi connectivity index (χ0n) is 23.6. The summed E-state index contributed by atoms with van der Waals surface area (Å²) in [6.07, 6.45) is 0.750. The predicted molar refractivity (Wildman–Crippen MR) is 156 cm³/mol. The maximum atomic E-state index is 14.0. The Balaban J connectivity index is 2.04. The zero-order chi connectivity index (χ0) is 28.7. The molecule has 0 heterocycles. The van der Waals surface area contributed by atoms with Crippen LogP contribution in [-0.4, -0.2) is 43.8 Å². The molecule has 3 aromatic rings. The van der Waals surface area contributed by atoms with Crippen LogP contribution in [0.15, 0.2) is 77.7 Å². The summed E-state index contributed by atoms with van der Waals surface area (Å²) in [4.78, 5) is 28.7. The lowest BCUT2D eigenvalue weighted by atomic mass is 10.1. The molecule has 0 aliphatic carbocycles. The van der Waals surface area contributed by atoms with Crippen LogP contribution in [-0.2, 0) is 26.2 Å². The molecule has 208 valence electrons. The van der Waals surface area contributed by atoms with Crippen LogP contribution in [0.25, 0.3) is 0 Å². The second kappa shape index (κ2) is 12.9. The van der Waals surface area contributed by atoms with Crippen LogP contribution in [0.3, 0.4) is 0 Å². The zero-order valence-corrected chi connectivity index (χ0v) is 24.5. The van der Waals surface area contributed by atoms with Gasteiger partial charge in [-0.3, -0.25) is 13.9 Å². The smallest absolute Gasteiger partial charge is 0.264 e. The van der Waals surface area contributed by atoms with E-state index >= 15 is 0 Å². The fourth-order valence-corrected chi connectivity index (χ4v) is 5.61. The van der Waals surface area contributed by atoms with Gasteiger partial charge in [-0.05, 0) is 82.0 Å². The van der Waals surface area contributed by atoms with Crippen molar-refractivity contribution in [1.82, 2.24) is 10.2 Å². The Morgan fingerprint density at radius 3 is 2.18 bits per heavy atom. The quantitative estimate of drug-likeness (QED) is 0.359. The predicted octanol–water partition coefficient (Wildman–Crippen LogP) is 5.14. The number of nitrogens with zero attached hydrogens (tertiary/aromatic N) is 2. The Bertz CT molecular complexity index is 1410. The summed E-state index contributed by atoms with van der Waals surface area (Å²) in [5.74, 6) is -0.755. The van der Waals surface area contributed by atoms with Gasteiger partial charge in [-0.2, -0.15) is 0 Å². The highest BCUT2D eigenvalue weighted by Crippen LogP contribution is 2.26. The molecule has 0 saturated carbocycles. The third kappa shape index (κ3) is 7.47. The fraction of sp³-hybridized carbons (Fsp3) is 0.355. The molecule has 0 radical (unpaired) electrons. The molecular weight excluding hydrogens is 510 g/mol. The Labute approximate surface area is 232 Å². The molecule has 0 aliphatic heterocycles. The normalized spacial score (nSPS) is 12.9. The van der Waals surface area contributed by atoms with Gasteiger partial charge in [-0.25, -0.2) is 8.42 Å². The molecule has 0 saturated heterocycles. The number of rotatable bonds is 11. The molecule has 3 aromatic carbocycles. The van der Waals surface area contributed by atoms with Crippen molar-refractivity contribution in [3.8, 4) is 0 Å². The van der Waals surface area contributed by atoms with Crippen molar-refractivity contribution in [3.05, 3.63) is 95.1 Å². The van der Waals surface area contributed by atoms with Gasteiger partial charge in [0.15, 0.2) is 0 Å². The highest BCUT2D eigenvalue weighted by Gasteiger charge is 2.32. The summed E-state index contributed by atoms with van der Waals surface area (Å²) >= 11 is 0. The molecule has 2 amide bonds. The SMILES string of the molecule is CC[C@@H](C)NC(=O)[C@@H](C)N(Cc1cccc(C)c1)C(=O)CN(c1ccc(C)c(C)c1)S(=O)(=O)c1ccccc1. The Morgan fingerprint density at radius 2 is 1.56 bits per heavy atom. The van der Waals surface area contributed by atoms with Crippen LogP contribution in [0.1, 0.15) is 49.4 Å². The first-order valence-corrected chi connectivity index (χ1v) is 14.7. The van der Waals surface area contributed by atoms with E-state index in [1.165, 1.54) is 17.0 Å². The highest BCUT2D eigenvalue weighted by molar-refractivity contribution is 7.92. The van der Waals surface area contributed by atoms with Crippen LogP contribution in [0.4, 0.5) is 5.69 Å². The molecule has 0 spiro atoms. The lowest BCUT2D eigenvalue weighted by Gasteiger charge is -2.32. The van der Waals surface area contributed by atoms with Crippen LogP contribution in [0, 0.1) is 20.8 Å². The van der Waals surface area contributed by atoms with Crippen LogP contribution in [0.2, 0.25) is 0 Å². The summed E-state index contributed by atoms with van der Waals surface area (Å²) in [5.41, 5.74) is 4.20. The van der Waals surface area contributed by atoms with Crippen molar-refractivity contribution in [3.63, 3.8) is 0 Å². The van der Waals surface area contributed by atoms with Gasteiger partial charge in [-0.15, -0.1) is 0 Å². The number of benzene rings is 3. The summed E-state index contributed by atoms with van der Waals surface area (Å²) in [7, 11) is -4.08. The molecule has 0 aliphatic rings. The minimum absolute atomic E-state index is 0.0543. The van der Waals surface area contributed by atoms with Crippen molar-refractivity contribution < 1.29 is 18.0 Å². The van der Waals surface area contributed by atoms with Gasteiger partial charge < -0.3 is 10.2 Å². The number of hydrogen-bond donors (Lipinski definition) is 1. The van der Waals surface area contributed by atoms with E-state index in [4.69, 9.17) is 0 Å². The van der Waals surface area contributed by atoms with Crippen molar-refractivity contribution in [1.29, 1.82) is 0 Å². The van der Waals surface area contributed by atoms with Gasteiger partial charge in [0, 0.05) is 12.6 Å². The van der Waals surface area contributed by atoms with E-state index in [0.717, 1.165) is 33.0 Å². The van der Waals surface area contributed by atoms with E-state index in [9.17, 15) is 18.0 Å². The number of amides is 2. The standard InChI is InChI=1S/C31H39N3O4S/c1-7-25(5)32-31(36)26(6)33(20-27-13-11-12-22(2)18-27)30(35)21-34(28-17-16-23(3)24(4)19-28)39(37,38)29-14-9-8-10-15-29/h8-19,25-26H,7,20-21H2,1-6H3,(H,32,36)/t25-,26-/m1/s1. The third-order valence-electron chi connectivity index (χ3n) is 6.99. The van der Waals surface area contributed by atoms with Gasteiger partial charge in [0.25, 0.3) is 10.0 Å².